The first-order chi connectivity index (χ1) is 9.99. The molecule has 0 aromatic heterocycles. The number of fused-ring (bicyclic) bond motifs is 7. The monoisotopic (exact) mass is 352 g/mol. The Bertz CT molecular complexity index is 478. The summed E-state index contributed by atoms with van der Waals surface area (Å²) < 4.78 is 6.11. The first-order valence-corrected chi connectivity index (χ1v) is 10.1. The Morgan fingerprint density at radius 1 is 0.952 bits per heavy atom. The predicted octanol–water partition coefficient (Wildman–Crippen LogP) is 5.52. The predicted molar refractivity (Wildman–Crippen MR) is 88.3 cm³/mol. The molecule has 0 bridgehead atoms. The van der Waals surface area contributed by atoms with Crippen molar-refractivity contribution in [2.75, 3.05) is 0 Å². The van der Waals surface area contributed by atoms with Crippen molar-refractivity contribution >= 4 is 15.9 Å². The van der Waals surface area contributed by atoms with Gasteiger partial charge < -0.3 is 4.74 Å². The van der Waals surface area contributed by atoms with Crippen LogP contribution in [-0.2, 0) is 4.74 Å². The molecule has 5 fully saturated rings. The quantitative estimate of drug-likeness (QED) is 0.413. The molecule has 1 aliphatic heterocycles. The summed E-state index contributed by atoms with van der Waals surface area (Å²) in [7, 11) is 0. The van der Waals surface area contributed by atoms with Gasteiger partial charge in [-0.15, -0.1) is 0 Å². The summed E-state index contributed by atoms with van der Waals surface area (Å²) in [6.07, 6.45) is 13.8. The van der Waals surface area contributed by atoms with Gasteiger partial charge >= 0.3 is 0 Å². The highest BCUT2D eigenvalue weighted by atomic mass is 79.9. The molecule has 1 saturated heterocycles. The summed E-state index contributed by atoms with van der Waals surface area (Å²) in [4.78, 5) is 0. The van der Waals surface area contributed by atoms with Gasteiger partial charge in [-0.1, -0.05) is 42.6 Å². The van der Waals surface area contributed by atoms with Crippen LogP contribution in [0.3, 0.4) is 0 Å². The van der Waals surface area contributed by atoms with Gasteiger partial charge in [0.25, 0.3) is 0 Å². The first-order valence-electron chi connectivity index (χ1n) is 9.36. The lowest BCUT2D eigenvalue weighted by Gasteiger charge is -2.60. The van der Waals surface area contributed by atoms with Crippen molar-refractivity contribution in [3.63, 3.8) is 0 Å². The van der Waals surface area contributed by atoms with Crippen LogP contribution in [0.1, 0.15) is 71.6 Å². The van der Waals surface area contributed by atoms with Gasteiger partial charge in [0.05, 0.1) is 6.10 Å². The highest BCUT2D eigenvalue weighted by Gasteiger charge is 2.76. The van der Waals surface area contributed by atoms with E-state index in [9.17, 15) is 0 Å². The van der Waals surface area contributed by atoms with Crippen LogP contribution in [0.25, 0.3) is 0 Å². The van der Waals surface area contributed by atoms with Crippen molar-refractivity contribution in [1.82, 2.24) is 0 Å². The highest BCUT2D eigenvalue weighted by Crippen LogP contribution is 2.75. The fourth-order valence-electron chi connectivity index (χ4n) is 7.58. The van der Waals surface area contributed by atoms with E-state index in [0.717, 1.165) is 23.7 Å². The van der Waals surface area contributed by atoms with E-state index in [-0.39, 0.29) is 4.51 Å². The molecule has 0 aromatic carbocycles. The number of hydrogen-bond donors (Lipinski definition) is 0. The van der Waals surface area contributed by atoms with E-state index in [4.69, 9.17) is 4.74 Å². The summed E-state index contributed by atoms with van der Waals surface area (Å²) in [6.45, 7) is 5.21. The summed E-state index contributed by atoms with van der Waals surface area (Å²) in [5, 5.41) is 0. The summed E-state index contributed by atoms with van der Waals surface area (Å²) >= 11 is 3.99. The average molecular weight is 353 g/mol. The van der Waals surface area contributed by atoms with Gasteiger partial charge in [-0.05, 0) is 74.0 Å². The maximum Gasteiger partial charge on any atom is 0.154 e. The number of epoxide rings is 1. The number of rotatable bonds is 0. The fourth-order valence-corrected chi connectivity index (χ4v) is 8.48. The van der Waals surface area contributed by atoms with E-state index in [0.29, 0.717) is 16.9 Å². The number of ether oxygens (including phenoxy) is 1. The molecule has 4 saturated carbocycles. The number of alkyl halides is 1. The van der Waals surface area contributed by atoms with Crippen LogP contribution in [0.15, 0.2) is 0 Å². The van der Waals surface area contributed by atoms with Crippen molar-refractivity contribution in [3.05, 3.63) is 0 Å². The molecule has 118 valence electrons. The van der Waals surface area contributed by atoms with Gasteiger partial charge in [0.1, 0.15) is 0 Å². The molecule has 21 heavy (non-hydrogen) atoms. The molecule has 0 aromatic rings. The SMILES string of the molecule is C[C@]12CCCC[C@@H]1CC[C@@H]1[C@@H]2CC[C@@]2(C)[C@H]1C[C@H]1O[C@]12Br. The third-order valence-electron chi connectivity index (χ3n) is 8.89. The fraction of sp³-hybridized carbons (Fsp3) is 1.00. The van der Waals surface area contributed by atoms with Gasteiger partial charge in [-0.25, -0.2) is 0 Å². The van der Waals surface area contributed by atoms with Gasteiger partial charge in [0, 0.05) is 5.41 Å². The maximum absolute atomic E-state index is 6.04. The zero-order chi connectivity index (χ0) is 14.5. The van der Waals surface area contributed by atoms with Crippen LogP contribution >= 0.6 is 15.9 Å². The Balaban J connectivity index is 1.49. The zero-order valence-electron chi connectivity index (χ0n) is 13.5. The van der Waals surface area contributed by atoms with E-state index in [2.05, 4.69) is 29.8 Å². The lowest BCUT2D eigenvalue weighted by atomic mass is 9.45. The van der Waals surface area contributed by atoms with E-state index >= 15 is 0 Å². The average Bonchev–Trinajstić information content (AvgIpc) is 3.07. The second-order valence-electron chi connectivity index (χ2n) is 9.35. The van der Waals surface area contributed by atoms with E-state index < -0.39 is 0 Å². The second kappa shape index (κ2) is 4.09. The van der Waals surface area contributed by atoms with Gasteiger partial charge in [-0.3, -0.25) is 0 Å². The standard InChI is InChI=1S/C19H29BrO/c1-17-9-4-3-5-12(17)6-7-13-14(17)8-10-18(2)15(13)11-16-19(18,20)21-16/h12-16H,3-11H2,1-2H3/t12-,13-,14+,15+,16-,17+,18+,19-/m1/s1. The van der Waals surface area contributed by atoms with Crippen LogP contribution in [0.5, 0.6) is 0 Å². The van der Waals surface area contributed by atoms with Crippen LogP contribution < -0.4 is 0 Å². The normalized spacial score (nSPS) is 65.0. The molecule has 1 heterocycles. The minimum absolute atomic E-state index is 0.0694. The summed E-state index contributed by atoms with van der Waals surface area (Å²) in [6, 6.07) is 0. The molecular weight excluding hydrogens is 324 g/mol. The molecule has 8 atom stereocenters. The van der Waals surface area contributed by atoms with E-state index in [1.54, 1.807) is 0 Å². The Morgan fingerprint density at radius 3 is 2.67 bits per heavy atom. The summed E-state index contributed by atoms with van der Waals surface area (Å²) in [5.74, 6) is 3.98. The first kappa shape index (κ1) is 13.8. The third kappa shape index (κ3) is 1.53. The Kier molecular flexibility index (Phi) is 2.70. The van der Waals surface area contributed by atoms with E-state index in [1.165, 1.54) is 57.8 Å². The summed E-state index contributed by atoms with van der Waals surface area (Å²) in [5.41, 5.74) is 1.09. The molecule has 0 spiro atoms. The number of hydrogen-bond acceptors (Lipinski definition) is 1. The van der Waals surface area contributed by atoms with Gasteiger partial charge in [0.2, 0.25) is 0 Å². The molecule has 0 unspecified atom stereocenters. The zero-order valence-corrected chi connectivity index (χ0v) is 15.1. The molecule has 2 heteroatoms. The number of halogens is 1. The van der Waals surface area contributed by atoms with Crippen LogP contribution in [-0.4, -0.2) is 10.6 Å². The van der Waals surface area contributed by atoms with Crippen molar-refractivity contribution in [3.8, 4) is 0 Å². The Labute approximate surface area is 137 Å². The van der Waals surface area contributed by atoms with Gasteiger partial charge in [0.15, 0.2) is 4.51 Å². The molecule has 5 aliphatic rings. The molecular formula is C19H29BrO. The van der Waals surface area contributed by atoms with Crippen LogP contribution in [0.2, 0.25) is 0 Å². The molecule has 0 N–H and O–H groups in total. The van der Waals surface area contributed by atoms with Gasteiger partial charge in [-0.2, -0.15) is 0 Å². The largest absolute Gasteiger partial charge is 0.353 e. The maximum atomic E-state index is 6.04. The van der Waals surface area contributed by atoms with Crippen molar-refractivity contribution in [2.45, 2.75) is 82.2 Å². The van der Waals surface area contributed by atoms with Crippen molar-refractivity contribution < 1.29 is 4.74 Å². The molecule has 1 nitrogen and oxygen atoms in total. The minimum atomic E-state index is 0.0694. The highest BCUT2D eigenvalue weighted by molar-refractivity contribution is 9.10. The molecule has 0 radical (unpaired) electrons. The topological polar surface area (TPSA) is 12.5 Å². The van der Waals surface area contributed by atoms with Crippen LogP contribution in [0, 0.1) is 34.5 Å². The van der Waals surface area contributed by atoms with Crippen LogP contribution in [0.4, 0.5) is 0 Å². The lowest BCUT2D eigenvalue weighted by molar-refractivity contribution is -0.119. The minimum Gasteiger partial charge on any atom is -0.353 e. The molecule has 4 aliphatic carbocycles. The smallest absolute Gasteiger partial charge is 0.154 e. The lowest BCUT2D eigenvalue weighted by Crippen LogP contribution is -2.54. The third-order valence-corrected chi connectivity index (χ3v) is 10.5. The van der Waals surface area contributed by atoms with E-state index in [1.807, 2.05) is 0 Å². The second-order valence-corrected chi connectivity index (χ2v) is 10.5. The van der Waals surface area contributed by atoms with Crippen molar-refractivity contribution in [1.29, 1.82) is 0 Å². The molecule has 5 rings (SSSR count). The molecule has 0 amide bonds. The Hall–Kier alpha value is 0.440. The van der Waals surface area contributed by atoms with Crippen molar-refractivity contribution in [2.24, 2.45) is 34.5 Å². The Morgan fingerprint density at radius 2 is 1.81 bits per heavy atom.